The van der Waals surface area contributed by atoms with Crippen molar-refractivity contribution in [2.45, 2.75) is 24.0 Å². The fraction of sp³-hybridized carbons (Fsp3) is 0.121. The minimum atomic E-state index is -0.494. The molecular weight excluding hydrogens is 534 g/mol. The van der Waals surface area contributed by atoms with Gasteiger partial charge in [0.05, 0.1) is 12.4 Å². The summed E-state index contributed by atoms with van der Waals surface area (Å²) in [6.07, 6.45) is 1.58. The normalized spacial score (nSPS) is 11.7. The van der Waals surface area contributed by atoms with Crippen LogP contribution in [0.2, 0.25) is 0 Å². The van der Waals surface area contributed by atoms with E-state index in [0.717, 1.165) is 16.1 Å². The lowest BCUT2D eigenvalue weighted by atomic mass is 10.1. The third-order valence-corrected chi connectivity index (χ3v) is 7.16. The molecule has 1 atom stereocenters. The molecule has 0 bridgehead atoms. The highest BCUT2D eigenvalue weighted by atomic mass is 32.2. The molecule has 4 aromatic carbocycles. The van der Waals surface area contributed by atoms with Crippen LogP contribution in [0.3, 0.4) is 0 Å². The molecule has 4 aromatic rings. The molecule has 0 heterocycles. The summed E-state index contributed by atoms with van der Waals surface area (Å²) in [6.45, 7) is 3.82. The molecule has 0 saturated heterocycles. The Morgan fingerprint density at radius 2 is 1.51 bits per heavy atom. The number of aryl methyl sites for hydroxylation is 1. The van der Waals surface area contributed by atoms with Gasteiger partial charge in [0.2, 0.25) is 5.91 Å². The van der Waals surface area contributed by atoms with Crippen LogP contribution in [0.5, 0.6) is 5.75 Å². The van der Waals surface area contributed by atoms with E-state index in [4.69, 9.17) is 4.74 Å². The number of thioether (sulfide) groups is 1. The Bertz CT molecular complexity index is 1550. The van der Waals surface area contributed by atoms with Crippen LogP contribution in [0.25, 0.3) is 6.08 Å². The smallest absolute Gasteiger partial charge is 0.272 e. The quantitative estimate of drug-likeness (QED) is 0.150. The highest BCUT2D eigenvalue weighted by Crippen LogP contribution is 2.26. The van der Waals surface area contributed by atoms with Crippen molar-refractivity contribution in [1.29, 1.82) is 0 Å². The van der Waals surface area contributed by atoms with E-state index < -0.39 is 11.8 Å². The van der Waals surface area contributed by atoms with Crippen LogP contribution in [0.4, 0.5) is 11.4 Å². The molecule has 4 rings (SSSR count). The number of carbonyl (C=O) groups is 3. The fourth-order valence-electron chi connectivity index (χ4n) is 3.92. The first-order chi connectivity index (χ1) is 19.8. The zero-order chi connectivity index (χ0) is 29.2. The lowest BCUT2D eigenvalue weighted by Gasteiger charge is -2.14. The first-order valence-corrected chi connectivity index (χ1v) is 13.9. The van der Waals surface area contributed by atoms with Crippen LogP contribution in [-0.4, -0.2) is 30.1 Å². The third kappa shape index (κ3) is 8.33. The number of hydrogen-bond acceptors (Lipinski definition) is 5. The van der Waals surface area contributed by atoms with Crippen LogP contribution in [0.1, 0.15) is 28.4 Å². The zero-order valence-corrected chi connectivity index (χ0v) is 23.8. The minimum absolute atomic E-state index is 0.0586. The second-order valence-electron chi connectivity index (χ2n) is 9.22. The molecule has 208 valence electrons. The summed E-state index contributed by atoms with van der Waals surface area (Å²) in [4.78, 5) is 39.8. The van der Waals surface area contributed by atoms with Crippen molar-refractivity contribution in [1.82, 2.24) is 5.32 Å². The number of benzene rings is 4. The van der Waals surface area contributed by atoms with Gasteiger partial charge >= 0.3 is 0 Å². The Hall–Kier alpha value is -4.82. The van der Waals surface area contributed by atoms with Gasteiger partial charge in [-0.15, -0.1) is 11.8 Å². The molecule has 0 aliphatic heterocycles. The van der Waals surface area contributed by atoms with Crippen molar-refractivity contribution in [3.63, 3.8) is 0 Å². The highest BCUT2D eigenvalue weighted by Gasteiger charge is 2.17. The van der Waals surface area contributed by atoms with Gasteiger partial charge in [-0.3, -0.25) is 14.4 Å². The lowest BCUT2D eigenvalue weighted by molar-refractivity contribution is -0.115. The maximum Gasteiger partial charge on any atom is 0.272 e. The second-order valence-corrected chi connectivity index (χ2v) is 10.6. The Morgan fingerprint density at radius 1 is 0.805 bits per heavy atom. The number of hydrogen-bond donors (Lipinski definition) is 3. The van der Waals surface area contributed by atoms with Gasteiger partial charge in [-0.1, -0.05) is 48.5 Å². The number of para-hydroxylation sites is 1. The molecule has 0 spiro atoms. The maximum absolute atomic E-state index is 13.3. The first-order valence-electron chi connectivity index (χ1n) is 13.0. The van der Waals surface area contributed by atoms with Crippen LogP contribution < -0.4 is 20.7 Å². The van der Waals surface area contributed by atoms with Crippen molar-refractivity contribution in [2.24, 2.45) is 0 Å². The van der Waals surface area contributed by atoms with Gasteiger partial charge in [0, 0.05) is 27.4 Å². The zero-order valence-electron chi connectivity index (χ0n) is 23.0. The van der Waals surface area contributed by atoms with Gasteiger partial charge < -0.3 is 20.7 Å². The van der Waals surface area contributed by atoms with Gasteiger partial charge in [-0.05, 0) is 80.1 Å². The standard InChI is InChI=1S/C33H31N3O4S/c1-22-10-9-14-27(20-22)35-31(37)23(2)41-28-18-16-26(17-19-28)34-33(39)29(21-25-13-7-8-15-30(25)40-3)36-32(38)24-11-5-4-6-12-24/h4-21,23H,1-3H3,(H,34,39)(H,35,37)(H,36,38)/b29-21-. The molecule has 0 radical (unpaired) electrons. The fourth-order valence-corrected chi connectivity index (χ4v) is 4.79. The van der Waals surface area contributed by atoms with Crippen LogP contribution in [-0.2, 0) is 9.59 Å². The molecule has 0 aliphatic rings. The topological polar surface area (TPSA) is 96.5 Å². The van der Waals surface area contributed by atoms with Crippen molar-refractivity contribution >= 4 is 46.9 Å². The molecule has 0 aromatic heterocycles. The number of rotatable bonds is 10. The Labute approximate surface area is 244 Å². The molecular formula is C33H31N3O4S. The van der Waals surface area contributed by atoms with Gasteiger partial charge in [0.25, 0.3) is 11.8 Å². The summed E-state index contributed by atoms with van der Waals surface area (Å²) in [5, 5.41) is 8.19. The number of anilines is 2. The second kappa shape index (κ2) is 14.0. The predicted molar refractivity (Wildman–Crippen MR) is 165 cm³/mol. The summed E-state index contributed by atoms with van der Waals surface area (Å²) in [6, 6.07) is 30.7. The van der Waals surface area contributed by atoms with E-state index in [9.17, 15) is 14.4 Å². The number of amides is 3. The summed E-state index contributed by atoms with van der Waals surface area (Å²) < 4.78 is 5.41. The molecule has 41 heavy (non-hydrogen) atoms. The van der Waals surface area contributed by atoms with Gasteiger partial charge in [-0.25, -0.2) is 0 Å². The van der Waals surface area contributed by atoms with Gasteiger partial charge in [-0.2, -0.15) is 0 Å². The largest absolute Gasteiger partial charge is 0.496 e. The van der Waals surface area contributed by atoms with Crippen molar-refractivity contribution in [2.75, 3.05) is 17.7 Å². The predicted octanol–water partition coefficient (Wildman–Crippen LogP) is 6.53. The van der Waals surface area contributed by atoms with E-state index in [-0.39, 0.29) is 16.9 Å². The van der Waals surface area contributed by atoms with Crippen molar-refractivity contribution in [3.8, 4) is 5.75 Å². The average Bonchev–Trinajstić information content (AvgIpc) is 2.98. The molecule has 0 aliphatic carbocycles. The average molecular weight is 566 g/mol. The summed E-state index contributed by atoms with van der Waals surface area (Å²) in [5.74, 6) is -0.440. The number of nitrogens with one attached hydrogen (secondary N) is 3. The molecule has 0 saturated carbocycles. The summed E-state index contributed by atoms with van der Waals surface area (Å²) >= 11 is 1.41. The van der Waals surface area contributed by atoms with Gasteiger partial charge in [0.1, 0.15) is 11.4 Å². The summed E-state index contributed by atoms with van der Waals surface area (Å²) in [7, 11) is 1.54. The summed E-state index contributed by atoms with van der Waals surface area (Å²) in [5.41, 5.74) is 3.49. The Balaban J connectivity index is 1.45. The van der Waals surface area contributed by atoms with E-state index in [1.54, 1.807) is 61.7 Å². The number of ether oxygens (including phenoxy) is 1. The van der Waals surface area contributed by atoms with Crippen LogP contribution >= 0.6 is 11.8 Å². The molecule has 0 fully saturated rings. The Morgan fingerprint density at radius 3 is 2.22 bits per heavy atom. The third-order valence-electron chi connectivity index (χ3n) is 6.05. The minimum Gasteiger partial charge on any atom is -0.496 e. The highest BCUT2D eigenvalue weighted by molar-refractivity contribution is 8.00. The number of carbonyl (C=O) groups excluding carboxylic acids is 3. The molecule has 8 heteroatoms. The molecule has 3 amide bonds. The number of methoxy groups -OCH3 is 1. The van der Waals surface area contributed by atoms with E-state index in [1.165, 1.54) is 11.8 Å². The first kappa shape index (κ1) is 29.2. The van der Waals surface area contributed by atoms with Crippen LogP contribution in [0, 0.1) is 6.92 Å². The Kier molecular flexibility index (Phi) is 9.96. The van der Waals surface area contributed by atoms with Crippen molar-refractivity contribution < 1.29 is 19.1 Å². The van der Waals surface area contributed by atoms with Crippen molar-refractivity contribution in [3.05, 3.63) is 126 Å². The van der Waals surface area contributed by atoms with E-state index >= 15 is 0 Å². The van der Waals surface area contributed by atoms with E-state index in [1.807, 2.05) is 68.4 Å². The van der Waals surface area contributed by atoms with Gasteiger partial charge in [0.15, 0.2) is 0 Å². The monoisotopic (exact) mass is 565 g/mol. The molecule has 7 nitrogen and oxygen atoms in total. The van der Waals surface area contributed by atoms with E-state index in [0.29, 0.717) is 22.6 Å². The maximum atomic E-state index is 13.3. The molecule has 3 N–H and O–H groups in total. The van der Waals surface area contributed by atoms with Crippen LogP contribution in [0.15, 0.2) is 114 Å². The SMILES string of the molecule is COc1ccccc1/C=C(\NC(=O)c1ccccc1)C(=O)Nc1ccc(SC(C)C(=O)Nc2cccc(C)c2)cc1. The molecule has 1 unspecified atom stereocenters. The van der Waals surface area contributed by atoms with E-state index in [2.05, 4.69) is 16.0 Å². The lowest BCUT2D eigenvalue weighted by Crippen LogP contribution is -2.30.